The lowest BCUT2D eigenvalue weighted by molar-refractivity contribution is 0.0947. The molecule has 21 heavy (non-hydrogen) atoms. The fourth-order valence-corrected chi connectivity index (χ4v) is 2.75. The van der Waals surface area contributed by atoms with E-state index in [1.165, 1.54) is 6.42 Å². The predicted octanol–water partition coefficient (Wildman–Crippen LogP) is 2.21. The fourth-order valence-electron chi connectivity index (χ4n) is 2.75. The molecule has 0 bridgehead atoms. The molecule has 1 unspecified atom stereocenters. The van der Waals surface area contributed by atoms with E-state index in [9.17, 15) is 4.79 Å². The van der Waals surface area contributed by atoms with E-state index in [0.717, 1.165) is 30.9 Å². The van der Waals surface area contributed by atoms with Gasteiger partial charge in [-0.25, -0.2) is 0 Å². The van der Waals surface area contributed by atoms with Crippen LogP contribution in [0.25, 0.3) is 0 Å². The minimum Gasteiger partial charge on any atom is -0.378 e. The predicted molar refractivity (Wildman–Crippen MR) is 87.9 cm³/mol. The first-order valence-electron chi connectivity index (χ1n) is 7.77. The molecule has 4 heteroatoms. The standard InChI is InChI=1S/C17H27N3O/c1-13(2)20-10-9-14(12-20)11-18-17(21)15-5-7-16(8-6-15)19(3)4/h5-8,13-14H,9-12H2,1-4H3,(H,18,21). The summed E-state index contributed by atoms with van der Waals surface area (Å²) < 4.78 is 0. The van der Waals surface area contributed by atoms with Gasteiger partial charge in [0.2, 0.25) is 0 Å². The Morgan fingerprint density at radius 3 is 2.52 bits per heavy atom. The molecule has 1 aromatic carbocycles. The number of carbonyl (C=O) groups excluding carboxylic acids is 1. The molecule has 0 spiro atoms. The van der Waals surface area contributed by atoms with E-state index in [1.807, 2.05) is 43.3 Å². The van der Waals surface area contributed by atoms with Gasteiger partial charge in [0.25, 0.3) is 5.91 Å². The van der Waals surface area contributed by atoms with Crippen molar-refractivity contribution in [2.75, 3.05) is 38.6 Å². The Balaban J connectivity index is 1.82. The molecule has 1 atom stereocenters. The Morgan fingerprint density at radius 1 is 1.33 bits per heavy atom. The number of hydrogen-bond donors (Lipinski definition) is 1. The lowest BCUT2D eigenvalue weighted by atomic mass is 10.1. The van der Waals surface area contributed by atoms with Crippen LogP contribution in [0.3, 0.4) is 0 Å². The first-order valence-corrected chi connectivity index (χ1v) is 7.77. The summed E-state index contributed by atoms with van der Waals surface area (Å²) in [5.41, 5.74) is 1.84. The fraction of sp³-hybridized carbons (Fsp3) is 0.588. The molecule has 4 nitrogen and oxygen atoms in total. The summed E-state index contributed by atoms with van der Waals surface area (Å²) in [5.74, 6) is 0.612. The van der Waals surface area contributed by atoms with Crippen molar-refractivity contribution in [3.8, 4) is 0 Å². The minimum absolute atomic E-state index is 0.0308. The largest absolute Gasteiger partial charge is 0.378 e. The quantitative estimate of drug-likeness (QED) is 0.903. The third kappa shape index (κ3) is 4.21. The average molecular weight is 289 g/mol. The van der Waals surface area contributed by atoms with Crippen LogP contribution < -0.4 is 10.2 Å². The van der Waals surface area contributed by atoms with E-state index in [4.69, 9.17) is 0 Å². The summed E-state index contributed by atoms with van der Waals surface area (Å²) >= 11 is 0. The number of amides is 1. The van der Waals surface area contributed by atoms with Gasteiger partial charge < -0.3 is 15.1 Å². The van der Waals surface area contributed by atoms with Crippen LogP contribution in [0, 0.1) is 5.92 Å². The van der Waals surface area contributed by atoms with Gasteiger partial charge in [0.05, 0.1) is 0 Å². The van der Waals surface area contributed by atoms with Crippen LogP contribution >= 0.6 is 0 Å². The number of carbonyl (C=O) groups is 1. The zero-order valence-corrected chi connectivity index (χ0v) is 13.6. The van der Waals surface area contributed by atoms with Crippen LogP contribution in [0.1, 0.15) is 30.6 Å². The van der Waals surface area contributed by atoms with Gasteiger partial charge in [0.15, 0.2) is 0 Å². The highest BCUT2D eigenvalue weighted by molar-refractivity contribution is 5.94. The van der Waals surface area contributed by atoms with Crippen molar-refractivity contribution in [1.29, 1.82) is 0 Å². The zero-order valence-electron chi connectivity index (χ0n) is 13.6. The summed E-state index contributed by atoms with van der Waals surface area (Å²) in [7, 11) is 3.99. The highest BCUT2D eigenvalue weighted by atomic mass is 16.1. The van der Waals surface area contributed by atoms with E-state index >= 15 is 0 Å². The van der Waals surface area contributed by atoms with Gasteiger partial charge in [0.1, 0.15) is 0 Å². The molecule has 0 saturated carbocycles. The van der Waals surface area contributed by atoms with Crippen LogP contribution in [0.2, 0.25) is 0 Å². The number of rotatable bonds is 5. The molecule has 2 rings (SSSR count). The van der Waals surface area contributed by atoms with Crippen molar-refractivity contribution in [2.45, 2.75) is 26.3 Å². The van der Waals surface area contributed by atoms with Crippen LogP contribution in [0.5, 0.6) is 0 Å². The molecule has 1 aliphatic heterocycles. The monoisotopic (exact) mass is 289 g/mol. The Morgan fingerprint density at radius 2 is 2.00 bits per heavy atom. The number of nitrogens with zero attached hydrogens (tertiary/aromatic N) is 2. The Labute approximate surface area is 128 Å². The molecular weight excluding hydrogens is 262 g/mol. The summed E-state index contributed by atoms with van der Waals surface area (Å²) in [4.78, 5) is 16.7. The molecule has 0 radical (unpaired) electrons. The molecule has 1 amide bonds. The Kier molecular flexibility index (Phi) is 5.23. The average Bonchev–Trinajstić information content (AvgIpc) is 2.94. The first-order chi connectivity index (χ1) is 9.97. The molecule has 1 heterocycles. The van der Waals surface area contributed by atoms with Crippen molar-refractivity contribution in [1.82, 2.24) is 10.2 Å². The van der Waals surface area contributed by atoms with Gasteiger partial charge in [0, 0.05) is 44.5 Å². The van der Waals surface area contributed by atoms with Gasteiger partial charge in [-0.15, -0.1) is 0 Å². The molecule has 1 N–H and O–H groups in total. The molecule has 1 aromatic rings. The van der Waals surface area contributed by atoms with Gasteiger partial charge in [-0.3, -0.25) is 4.79 Å². The van der Waals surface area contributed by atoms with Gasteiger partial charge in [-0.2, -0.15) is 0 Å². The van der Waals surface area contributed by atoms with Crippen LogP contribution in [-0.4, -0.2) is 50.6 Å². The van der Waals surface area contributed by atoms with Crippen LogP contribution in [0.4, 0.5) is 5.69 Å². The maximum absolute atomic E-state index is 12.2. The second-order valence-electron chi connectivity index (χ2n) is 6.39. The lowest BCUT2D eigenvalue weighted by Crippen LogP contribution is -2.33. The molecular formula is C17H27N3O. The molecule has 0 aliphatic carbocycles. The normalized spacial score (nSPS) is 19.0. The summed E-state index contributed by atoms with van der Waals surface area (Å²) in [5, 5.41) is 3.07. The third-order valence-electron chi connectivity index (χ3n) is 4.24. The van der Waals surface area contributed by atoms with Crippen LogP contribution in [0.15, 0.2) is 24.3 Å². The molecule has 1 saturated heterocycles. The minimum atomic E-state index is 0.0308. The number of benzene rings is 1. The smallest absolute Gasteiger partial charge is 0.251 e. The third-order valence-corrected chi connectivity index (χ3v) is 4.24. The SMILES string of the molecule is CC(C)N1CCC(CNC(=O)c2ccc(N(C)C)cc2)C1. The first kappa shape index (κ1) is 15.8. The van der Waals surface area contributed by atoms with E-state index in [2.05, 4.69) is 24.1 Å². The summed E-state index contributed by atoms with van der Waals surface area (Å²) in [6.45, 7) is 7.48. The summed E-state index contributed by atoms with van der Waals surface area (Å²) in [6.07, 6.45) is 1.18. The Hall–Kier alpha value is -1.55. The van der Waals surface area contributed by atoms with Gasteiger partial charge in [-0.05, 0) is 57.0 Å². The van der Waals surface area contributed by atoms with Crippen molar-refractivity contribution >= 4 is 11.6 Å². The lowest BCUT2D eigenvalue weighted by Gasteiger charge is -2.20. The Bertz CT molecular complexity index is 467. The summed E-state index contributed by atoms with van der Waals surface area (Å²) in [6, 6.07) is 8.33. The second-order valence-corrected chi connectivity index (χ2v) is 6.39. The van der Waals surface area contributed by atoms with Gasteiger partial charge in [-0.1, -0.05) is 0 Å². The van der Waals surface area contributed by atoms with Crippen molar-refractivity contribution in [3.05, 3.63) is 29.8 Å². The van der Waals surface area contributed by atoms with E-state index < -0.39 is 0 Å². The number of nitrogens with one attached hydrogen (secondary N) is 1. The number of hydrogen-bond acceptors (Lipinski definition) is 3. The van der Waals surface area contributed by atoms with Gasteiger partial charge >= 0.3 is 0 Å². The van der Waals surface area contributed by atoms with Crippen molar-refractivity contribution < 1.29 is 4.79 Å². The maximum Gasteiger partial charge on any atom is 0.251 e. The molecule has 116 valence electrons. The van der Waals surface area contributed by atoms with E-state index in [-0.39, 0.29) is 5.91 Å². The topological polar surface area (TPSA) is 35.6 Å². The molecule has 0 aromatic heterocycles. The zero-order chi connectivity index (χ0) is 15.4. The van der Waals surface area contributed by atoms with Crippen molar-refractivity contribution in [3.63, 3.8) is 0 Å². The molecule has 1 fully saturated rings. The maximum atomic E-state index is 12.2. The van der Waals surface area contributed by atoms with Crippen LogP contribution in [-0.2, 0) is 0 Å². The van der Waals surface area contributed by atoms with E-state index in [0.29, 0.717) is 12.0 Å². The van der Waals surface area contributed by atoms with E-state index in [1.54, 1.807) is 0 Å². The highest BCUT2D eigenvalue weighted by Gasteiger charge is 2.24. The number of anilines is 1. The molecule has 1 aliphatic rings. The number of likely N-dealkylation sites (tertiary alicyclic amines) is 1. The second kappa shape index (κ2) is 6.94. The highest BCUT2D eigenvalue weighted by Crippen LogP contribution is 2.18. The van der Waals surface area contributed by atoms with Crippen molar-refractivity contribution in [2.24, 2.45) is 5.92 Å².